The van der Waals surface area contributed by atoms with E-state index in [0.717, 1.165) is 12.1 Å². The van der Waals surface area contributed by atoms with Crippen LogP contribution in [0, 0.1) is 5.41 Å². The first kappa shape index (κ1) is 16.5. The summed E-state index contributed by atoms with van der Waals surface area (Å²) in [6.45, 7) is 5.75. The minimum atomic E-state index is -0.337. The van der Waals surface area contributed by atoms with Crippen molar-refractivity contribution in [3.05, 3.63) is 24.0 Å². The average Bonchev–Trinajstić information content (AvgIpc) is 2.62. The zero-order valence-electron chi connectivity index (χ0n) is 13.5. The predicted molar refractivity (Wildman–Crippen MR) is 83.6 cm³/mol. The molecule has 0 aliphatic carbocycles. The summed E-state index contributed by atoms with van der Waals surface area (Å²) in [4.78, 5) is 18.3. The van der Waals surface area contributed by atoms with Crippen LogP contribution in [0.15, 0.2) is 18.3 Å². The molecule has 22 heavy (non-hydrogen) atoms. The number of hydrogen-bond donors (Lipinski definition) is 2. The number of carbonyl (C=O) groups is 1. The molecule has 0 radical (unpaired) electrons. The van der Waals surface area contributed by atoms with Crippen molar-refractivity contribution in [3.63, 3.8) is 0 Å². The number of ether oxygens (including phenoxy) is 1. The Morgan fingerprint density at radius 3 is 2.95 bits per heavy atom. The molecule has 2 amide bonds. The zero-order chi connectivity index (χ0) is 16.2. The van der Waals surface area contributed by atoms with Crippen LogP contribution in [0.4, 0.5) is 4.79 Å². The van der Waals surface area contributed by atoms with Crippen LogP contribution in [0.25, 0.3) is 0 Å². The molecule has 1 aliphatic heterocycles. The van der Waals surface area contributed by atoms with Crippen LogP contribution in [0.2, 0.25) is 0 Å². The van der Waals surface area contributed by atoms with E-state index in [-0.39, 0.29) is 17.6 Å². The van der Waals surface area contributed by atoms with Gasteiger partial charge < -0.3 is 20.1 Å². The summed E-state index contributed by atoms with van der Waals surface area (Å²) in [7, 11) is 1.59. The number of nitrogens with zero attached hydrogens (tertiary/aromatic N) is 2. The van der Waals surface area contributed by atoms with Crippen molar-refractivity contribution in [1.82, 2.24) is 15.2 Å². The standard InChI is InChI=1S/C16H25N3O3/c1-16(2)8-13(20)6-7-19(11-16)15(21)18-9-12-4-5-14(22-3)10-17-12/h4-5,10,13,20H,6-9,11H2,1-3H3,(H,18,21). The van der Waals surface area contributed by atoms with Gasteiger partial charge in [-0.15, -0.1) is 0 Å². The molecule has 1 aromatic rings. The Hall–Kier alpha value is -1.82. The molecule has 1 aliphatic rings. The van der Waals surface area contributed by atoms with Crippen LogP contribution in [-0.2, 0) is 6.54 Å². The van der Waals surface area contributed by atoms with E-state index in [4.69, 9.17) is 4.74 Å². The highest BCUT2D eigenvalue weighted by atomic mass is 16.5. The number of methoxy groups -OCH3 is 1. The first-order valence-electron chi connectivity index (χ1n) is 7.59. The lowest BCUT2D eigenvalue weighted by Crippen LogP contribution is -2.43. The van der Waals surface area contributed by atoms with Gasteiger partial charge >= 0.3 is 6.03 Å². The Kier molecular flexibility index (Phi) is 5.24. The van der Waals surface area contributed by atoms with E-state index in [0.29, 0.717) is 31.8 Å². The van der Waals surface area contributed by atoms with Crippen molar-refractivity contribution in [2.75, 3.05) is 20.2 Å². The maximum Gasteiger partial charge on any atom is 0.317 e. The van der Waals surface area contributed by atoms with E-state index < -0.39 is 0 Å². The summed E-state index contributed by atoms with van der Waals surface area (Å²) in [6.07, 6.45) is 2.64. The van der Waals surface area contributed by atoms with E-state index in [9.17, 15) is 9.90 Å². The van der Waals surface area contributed by atoms with Crippen molar-refractivity contribution in [1.29, 1.82) is 0 Å². The van der Waals surface area contributed by atoms with Crippen LogP contribution < -0.4 is 10.1 Å². The largest absolute Gasteiger partial charge is 0.495 e. The molecule has 2 heterocycles. The van der Waals surface area contributed by atoms with Gasteiger partial charge in [0.2, 0.25) is 0 Å². The lowest BCUT2D eigenvalue weighted by Gasteiger charge is -2.29. The van der Waals surface area contributed by atoms with Gasteiger partial charge in [-0.3, -0.25) is 4.98 Å². The number of likely N-dealkylation sites (tertiary alicyclic amines) is 1. The van der Waals surface area contributed by atoms with Crippen molar-refractivity contribution < 1.29 is 14.6 Å². The molecule has 1 unspecified atom stereocenters. The van der Waals surface area contributed by atoms with Gasteiger partial charge in [0.15, 0.2) is 0 Å². The molecule has 0 spiro atoms. The predicted octanol–water partition coefficient (Wildman–Crippen LogP) is 1.78. The van der Waals surface area contributed by atoms with Gasteiger partial charge in [0.25, 0.3) is 0 Å². The van der Waals surface area contributed by atoms with Gasteiger partial charge in [0.1, 0.15) is 5.75 Å². The number of pyridine rings is 1. The van der Waals surface area contributed by atoms with Gasteiger partial charge in [0.05, 0.1) is 31.6 Å². The molecule has 1 aromatic heterocycles. The molecular formula is C16H25N3O3. The third kappa shape index (κ3) is 4.59. The fraction of sp³-hybridized carbons (Fsp3) is 0.625. The van der Waals surface area contributed by atoms with Gasteiger partial charge in [-0.2, -0.15) is 0 Å². The summed E-state index contributed by atoms with van der Waals surface area (Å²) >= 11 is 0. The fourth-order valence-electron chi connectivity index (χ4n) is 2.79. The zero-order valence-corrected chi connectivity index (χ0v) is 13.5. The Morgan fingerprint density at radius 2 is 2.32 bits per heavy atom. The number of aromatic nitrogens is 1. The molecule has 1 saturated heterocycles. The van der Waals surface area contributed by atoms with E-state index in [2.05, 4.69) is 24.1 Å². The number of rotatable bonds is 3. The summed E-state index contributed by atoms with van der Waals surface area (Å²) in [5, 5.41) is 12.8. The van der Waals surface area contributed by atoms with Crippen LogP contribution in [-0.4, -0.2) is 47.3 Å². The topological polar surface area (TPSA) is 74.7 Å². The number of urea groups is 1. The second kappa shape index (κ2) is 6.96. The molecule has 0 saturated carbocycles. The molecule has 1 atom stereocenters. The Labute approximate surface area is 131 Å². The van der Waals surface area contributed by atoms with Crippen LogP contribution in [0.1, 0.15) is 32.4 Å². The van der Waals surface area contributed by atoms with E-state index in [1.807, 2.05) is 12.1 Å². The lowest BCUT2D eigenvalue weighted by molar-refractivity contribution is 0.121. The molecule has 0 bridgehead atoms. The Balaban J connectivity index is 1.90. The summed E-state index contributed by atoms with van der Waals surface area (Å²) in [5.74, 6) is 0.693. The Morgan fingerprint density at radius 1 is 1.55 bits per heavy atom. The quantitative estimate of drug-likeness (QED) is 0.892. The molecule has 122 valence electrons. The average molecular weight is 307 g/mol. The minimum Gasteiger partial charge on any atom is -0.495 e. The third-order valence-corrected chi connectivity index (χ3v) is 3.88. The van der Waals surface area contributed by atoms with E-state index in [1.54, 1.807) is 18.2 Å². The number of aliphatic hydroxyl groups is 1. The van der Waals surface area contributed by atoms with Crippen molar-refractivity contribution in [2.45, 2.75) is 39.3 Å². The fourth-order valence-corrected chi connectivity index (χ4v) is 2.79. The second-order valence-corrected chi connectivity index (χ2v) is 6.58. The smallest absolute Gasteiger partial charge is 0.317 e. The number of carbonyl (C=O) groups excluding carboxylic acids is 1. The maximum atomic E-state index is 12.3. The monoisotopic (exact) mass is 307 g/mol. The van der Waals surface area contributed by atoms with E-state index in [1.165, 1.54) is 0 Å². The van der Waals surface area contributed by atoms with Crippen molar-refractivity contribution in [3.8, 4) is 5.75 Å². The highest BCUT2D eigenvalue weighted by Gasteiger charge is 2.31. The van der Waals surface area contributed by atoms with Crippen LogP contribution in [0.5, 0.6) is 5.75 Å². The normalized spacial score (nSPS) is 21.1. The van der Waals surface area contributed by atoms with Gasteiger partial charge in [-0.1, -0.05) is 13.8 Å². The number of aliphatic hydroxyl groups excluding tert-OH is 1. The minimum absolute atomic E-state index is 0.0778. The molecule has 6 heteroatoms. The molecule has 6 nitrogen and oxygen atoms in total. The molecular weight excluding hydrogens is 282 g/mol. The van der Waals surface area contributed by atoms with E-state index >= 15 is 0 Å². The third-order valence-electron chi connectivity index (χ3n) is 3.88. The molecule has 2 rings (SSSR count). The summed E-state index contributed by atoms with van der Waals surface area (Å²) in [5.41, 5.74) is 0.703. The molecule has 1 fully saturated rings. The van der Waals surface area contributed by atoms with Gasteiger partial charge in [-0.05, 0) is 30.4 Å². The van der Waals surface area contributed by atoms with Gasteiger partial charge in [-0.25, -0.2) is 4.79 Å². The molecule has 0 aromatic carbocycles. The van der Waals surface area contributed by atoms with Crippen LogP contribution >= 0.6 is 0 Å². The Bertz CT molecular complexity index is 502. The van der Waals surface area contributed by atoms with Crippen molar-refractivity contribution in [2.24, 2.45) is 5.41 Å². The number of nitrogens with one attached hydrogen (secondary N) is 1. The number of hydrogen-bond acceptors (Lipinski definition) is 4. The highest BCUT2D eigenvalue weighted by molar-refractivity contribution is 5.74. The SMILES string of the molecule is COc1ccc(CNC(=O)N2CCC(O)CC(C)(C)C2)nc1. The van der Waals surface area contributed by atoms with Crippen LogP contribution in [0.3, 0.4) is 0 Å². The first-order chi connectivity index (χ1) is 10.4. The van der Waals surface area contributed by atoms with Crippen molar-refractivity contribution >= 4 is 6.03 Å². The molecule has 2 N–H and O–H groups in total. The first-order valence-corrected chi connectivity index (χ1v) is 7.59. The second-order valence-electron chi connectivity index (χ2n) is 6.58. The summed E-state index contributed by atoms with van der Waals surface area (Å²) in [6, 6.07) is 3.54. The van der Waals surface area contributed by atoms with Gasteiger partial charge in [0, 0.05) is 13.1 Å². The highest BCUT2D eigenvalue weighted by Crippen LogP contribution is 2.28. The number of amides is 2. The summed E-state index contributed by atoms with van der Waals surface area (Å²) < 4.78 is 5.06. The lowest BCUT2D eigenvalue weighted by atomic mass is 9.87. The maximum absolute atomic E-state index is 12.3.